The van der Waals surface area contributed by atoms with Gasteiger partial charge in [-0.05, 0) is 24.5 Å². The van der Waals surface area contributed by atoms with Crippen LogP contribution in [0.4, 0.5) is 4.79 Å². The van der Waals surface area contributed by atoms with Gasteiger partial charge in [-0.15, -0.1) is 0 Å². The van der Waals surface area contributed by atoms with Crippen molar-refractivity contribution in [3.63, 3.8) is 0 Å². The van der Waals surface area contributed by atoms with Gasteiger partial charge in [-0.2, -0.15) is 0 Å². The smallest absolute Gasteiger partial charge is 0.317 e. The first-order valence-corrected chi connectivity index (χ1v) is 8.15. The highest BCUT2D eigenvalue weighted by atomic mass is 16.5. The van der Waals surface area contributed by atoms with Gasteiger partial charge in [0, 0.05) is 56.8 Å². The first-order chi connectivity index (χ1) is 11.7. The Hall–Kier alpha value is -2.57. The largest absolute Gasteiger partial charge is 0.481 e. The fourth-order valence-corrected chi connectivity index (χ4v) is 3.10. The number of hydrogen-bond donors (Lipinski definition) is 1. The van der Waals surface area contributed by atoms with Crippen molar-refractivity contribution in [2.75, 3.05) is 20.2 Å². The number of carbonyl (C=O) groups excluding carboxylic acids is 1. The second kappa shape index (κ2) is 7.33. The predicted molar refractivity (Wildman–Crippen MR) is 89.8 cm³/mol. The fourth-order valence-electron chi connectivity index (χ4n) is 3.10. The molecule has 1 saturated heterocycles. The van der Waals surface area contributed by atoms with E-state index in [4.69, 9.17) is 4.74 Å². The quantitative estimate of drug-likeness (QED) is 0.930. The van der Waals surface area contributed by atoms with Crippen LogP contribution in [0.25, 0.3) is 0 Å². The summed E-state index contributed by atoms with van der Waals surface area (Å²) in [7, 11) is 3.60. The number of likely N-dealkylation sites (tertiary alicyclic amines) is 1. The minimum atomic E-state index is -0.0192. The van der Waals surface area contributed by atoms with Crippen LogP contribution in [-0.4, -0.2) is 45.7 Å². The van der Waals surface area contributed by atoms with Gasteiger partial charge in [-0.25, -0.2) is 14.8 Å². The van der Waals surface area contributed by atoms with Gasteiger partial charge in [-0.3, -0.25) is 0 Å². The molecule has 0 aromatic carbocycles. The Labute approximate surface area is 141 Å². The van der Waals surface area contributed by atoms with Crippen molar-refractivity contribution < 1.29 is 9.53 Å². The second-order valence-corrected chi connectivity index (χ2v) is 6.06. The number of amides is 2. The number of methoxy groups -OCH3 is 1. The van der Waals surface area contributed by atoms with E-state index in [0.717, 1.165) is 31.5 Å². The van der Waals surface area contributed by atoms with Gasteiger partial charge >= 0.3 is 6.03 Å². The highest BCUT2D eigenvalue weighted by Crippen LogP contribution is 2.27. The third-order valence-corrected chi connectivity index (χ3v) is 4.51. The number of urea groups is 1. The average Bonchev–Trinajstić information content (AvgIpc) is 3.06. The topological polar surface area (TPSA) is 72.3 Å². The third kappa shape index (κ3) is 3.67. The van der Waals surface area contributed by atoms with Crippen LogP contribution in [0.15, 0.2) is 30.9 Å². The lowest BCUT2D eigenvalue weighted by molar-refractivity contribution is 0.180. The van der Waals surface area contributed by atoms with Crippen LogP contribution in [0.1, 0.15) is 30.0 Å². The zero-order chi connectivity index (χ0) is 16.9. The molecule has 0 atom stereocenters. The van der Waals surface area contributed by atoms with Crippen LogP contribution in [0, 0.1) is 0 Å². The number of hydrogen-bond acceptors (Lipinski definition) is 4. The minimum absolute atomic E-state index is 0.0192. The molecule has 1 N–H and O–H groups in total. The number of carbonyl (C=O) groups is 1. The van der Waals surface area contributed by atoms with Crippen molar-refractivity contribution >= 4 is 6.03 Å². The summed E-state index contributed by atoms with van der Waals surface area (Å²) < 4.78 is 7.16. The van der Waals surface area contributed by atoms with Crippen molar-refractivity contribution in [2.24, 2.45) is 7.05 Å². The zero-order valence-electron chi connectivity index (χ0n) is 14.1. The van der Waals surface area contributed by atoms with Crippen LogP contribution < -0.4 is 10.1 Å². The van der Waals surface area contributed by atoms with E-state index < -0.39 is 0 Å². The summed E-state index contributed by atoms with van der Waals surface area (Å²) in [5, 5.41) is 2.97. The first kappa shape index (κ1) is 16.3. The molecule has 3 heterocycles. The molecule has 7 nitrogen and oxygen atoms in total. The molecule has 1 aliphatic rings. The highest BCUT2D eigenvalue weighted by molar-refractivity contribution is 5.74. The molecule has 128 valence electrons. The van der Waals surface area contributed by atoms with E-state index in [0.29, 0.717) is 18.3 Å². The lowest BCUT2D eigenvalue weighted by atomic mass is 9.94. The Kier molecular flexibility index (Phi) is 4.98. The Morgan fingerprint density at radius 2 is 2.21 bits per heavy atom. The maximum atomic E-state index is 12.3. The van der Waals surface area contributed by atoms with Gasteiger partial charge in [0.05, 0.1) is 13.4 Å². The third-order valence-electron chi connectivity index (χ3n) is 4.51. The lowest BCUT2D eigenvalue weighted by Gasteiger charge is -2.32. The first-order valence-electron chi connectivity index (χ1n) is 8.15. The van der Waals surface area contributed by atoms with Crippen molar-refractivity contribution in [3.8, 4) is 5.88 Å². The molecule has 0 aliphatic carbocycles. The number of nitrogens with zero attached hydrogens (tertiary/aromatic N) is 4. The lowest BCUT2D eigenvalue weighted by Crippen LogP contribution is -2.44. The highest BCUT2D eigenvalue weighted by Gasteiger charge is 2.25. The number of piperidine rings is 1. The number of aryl methyl sites for hydroxylation is 1. The molecule has 7 heteroatoms. The van der Waals surface area contributed by atoms with Crippen LogP contribution in [0.5, 0.6) is 5.88 Å². The van der Waals surface area contributed by atoms with Gasteiger partial charge < -0.3 is 19.5 Å². The Balaban J connectivity index is 1.49. The van der Waals surface area contributed by atoms with E-state index in [1.807, 2.05) is 36.6 Å². The van der Waals surface area contributed by atoms with Crippen molar-refractivity contribution in [1.29, 1.82) is 0 Å². The average molecular weight is 329 g/mol. The van der Waals surface area contributed by atoms with E-state index in [9.17, 15) is 4.79 Å². The summed E-state index contributed by atoms with van der Waals surface area (Å²) in [5.41, 5.74) is 2.22. The van der Waals surface area contributed by atoms with Crippen molar-refractivity contribution in [1.82, 2.24) is 24.8 Å². The van der Waals surface area contributed by atoms with Gasteiger partial charge in [0.1, 0.15) is 0 Å². The molecule has 1 fully saturated rings. The number of ether oxygens (including phenoxy) is 1. The van der Waals surface area contributed by atoms with E-state index >= 15 is 0 Å². The Morgan fingerprint density at radius 3 is 2.88 bits per heavy atom. The molecular weight excluding hydrogens is 306 g/mol. The standard InChI is InChI=1S/C17H23N5O2/c1-21-12-18-11-15(21)14-4-7-22(8-5-14)17(23)20-10-13-3-6-19-16(9-13)24-2/h3,6,9,11-12,14H,4-5,7-8,10H2,1-2H3,(H,20,23). The van der Waals surface area contributed by atoms with Crippen molar-refractivity contribution in [2.45, 2.75) is 25.3 Å². The van der Waals surface area contributed by atoms with E-state index in [1.165, 1.54) is 5.69 Å². The molecule has 24 heavy (non-hydrogen) atoms. The minimum Gasteiger partial charge on any atom is -0.481 e. The van der Waals surface area contributed by atoms with Crippen LogP contribution in [0.2, 0.25) is 0 Å². The number of nitrogens with one attached hydrogen (secondary N) is 1. The maximum absolute atomic E-state index is 12.3. The molecule has 2 amide bonds. The molecule has 2 aromatic rings. The predicted octanol–water partition coefficient (Wildman–Crippen LogP) is 1.91. The summed E-state index contributed by atoms with van der Waals surface area (Å²) in [6, 6.07) is 3.68. The molecule has 0 bridgehead atoms. The van der Waals surface area contributed by atoms with E-state index in [2.05, 4.69) is 19.9 Å². The normalized spacial score (nSPS) is 15.3. The molecule has 3 rings (SSSR count). The van der Waals surface area contributed by atoms with Crippen LogP contribution in [-0.2, 0) is 13.6 Å². The number of imidazole rings is 1. The number of pyridine rings is 1. The summed E-state index contributed by atoms with van der Waals surface area (Å²) in [4.78, 5) is 22.5. The summed E-state index contributed by atoms with van der Waals surface area (Å²) in [6.45, 7) is 2.00. The Morgan fingerprint density at radius 1 is 1.42 bits per heavy atom. The summed E-state index contributed by atoms with van der Waals surface area (Å²) in [5.74, 6) is 1.03. The van der Waals surface area contributed by atoms with Crippen LogP contribution >= 0.6 is 0 Å². The molecular formula is C17H23N5O2. The Bertz CT molecular complexity index is 692. The number of aromatic nitrogens is 3. The monoisotopic (exact) mass is 329 g/mol. The molecule has 1 aliphatic heterocycles. The SMILES string of the molecule is COc1cc(CNC(=O)N2CCC(c3cncn3C)CC2)ccn1. The van der Waals surface area contributed by atoms with Gasteiger partial charge in [-0.1, -0.05) is 0 Å². The molecule has 2 aromatic heterocycles. The second-order valence-electron chi connectivity index (χ2n) is 6.06. The van der Waals surface area contributed by atoms with Crippen LogP contribution in [0.3, 0.4) is 0 Å². The molecule has 0 saturated carbocycles. The van der Waals surface area contributed by atoms with E-state index in [1.54, 1.807) is 13.3 Å². The van der Waals surface area contributed by atoms with Gasteiger partial charge in [0.2, 0.25) is 5.88 Å². The summed E-state index contributed by atoms with van der Waals surface area (Å²) in [6.07, 6.45) is 7.38. The molecule has 0 spiro atoms. The number of rotatable bonds is 4. The molecule has 0 radical (unpaired) electrons. The molecule has 0 unspecified atom stereocenters. The fraction of sp³-hybridized carbons (Fsp3) is 0.471. The van der Waals surface area contributed by atoms with Crippen molar-refractivity contribution in [3.05, 3.63) is 42.1 Å². The van der Waals surface area contributed by atoms with Gasteiger partial charge in [0.15, 0.2) is 0 Å². The zero-order valence-corrected chi connectivity index (χ0v) is 14.1. The maximum Gasteiger partial charge on any atom is 0.317 e. The van der Waals surface area contributed by atoms with Gasteiger partial charge in [0.25, 0.3) is 0 Å². The summed E-state index contributed by atoms with van der Waals surface area (Å²) >= 11 is 0. The van der Waals surface area contributed by atoms with E-state index in [-0.39, 0.29) is 6.03 Å².